The zero-order chi connectivity index (χ0) is 15.9. The van der Waals surface area contributed by atoms with E-state index in [1.807, 2.05) is 11.8 Å². The SMILES string of the molecule is CCC(CC)(CNC(C)CC(C)(C)c1ccccc1)SC. The van der Waals surface area contributed by atoms with Crippen LogP contribution < -0.4 is 5.32 Å². The summed E-state index contributed by atoms with van der Waals surface area (Å²) in [6, 6.07) is 11.4. The molecule has 0 aromatic heterocycles. The molecule has 0 fully saturated rings. The Balaban J connectivity index is 2.59. The van der Waals surface area contributed by atoms with Crippen LogP contribution in [0, 0.1) is 0 Å². The topological polar surface area (TPSA) is 12.0 Å². The van der Waals surface area contributed by atoms with Crippen molar-refractivity contribution in [3.8, 4) is 0 Å². The van der Waals surface area contributed by atoms with Crippen LogP contribution in [0.2, 0.25) is 0 Å². The third-order valence-electron chi connectivity index (χ3n) is 4.87. The highest BCUT2D eigenvalue weighted by Gasteiger charge is 2.27. The lowest BCUT2D eigenvalue weighted by atomic mass is 9.79. The molecular formula is C19H33NS. The smallest absolute Gasteiger partial charge is 0.0276 e. The molecule has 1 aromatic rings. The number of thioether (sulfide) groups is 1. The second-order valence-electron chi connectivity index (χ2n) is 6.83. The number of hydrogen-bond acceptors (Lipinski definition) is 2. The van der Waals surface area contributed by atoms with Gasteiger partial charge in [-0.1, -0.05) is 58.0 Å². The molecule has 120 valence electrons. The van der Waals surface area contributed by atoms with Crippen LogP contribution in [0.1, 0.15) is 59.4 Å². The molecule has 0 saturated carbocycles. The predicted molar refractivity (Wildman–Crippen MR) is 98.4 cm³/mol. The summed E-state index contributed by atoms with van der Waals surface area (Å²) in [6.07, 6.45) is 5.86. The van der Waals surface area contributed by atoms with Crippen molar-refractivity contribution in [3.05, 3.63) is 35.9 Å². The first-order valence-electron chi connectivity index (χ1n) is 8.23. The van der Waals surface area contributed by atoms with Gasteiger partial charge in [0.05, 0.1) is 0 Å². The molecule has 1 unspecified atom stereocenters. The van der Waals surface area contributed by atoms with Crippen molar-refractivity contribution in [2.75, 3.05) is 12.8 Å². The molecule has 0 aliphatic heterocycles. The molecule has 1 aromatic carbocycles. The van der Waals surface area contributed by atoms with Crippen molar-refractivity contribution in [1.82, 2.24) is 5.32 Å². The fourth-order valence-electron chi connectivity index (χ4n) is 3.07. The van der Waals surface area contributed by atoms with Gasteiger partial charge in [-0.3, -0.25) is 0 Å². The quantitative estimate of drug-likeness (QED) is 0.668. The highest BCUT2D eigenvalue weighted by atomic mass is 32.2. The number of hydrogen-bond donors (Lipinski definition) is 1. The fourth-order valence-corrected chi connectivity index (χ4v) is 3.87. The van der Waals surface area contributed by atoms with Gasteiger partial charge in [0.2, 0.25) is 0 Å². The van der Waals surface area contributed by atoms with Crippen LogP contribution in [0.15, 0.2) is 30.3 Å². The summed E-state index contributed by atoms with van der Waals surface area (Å²) in [5.41, 5.74) is 1.65. The van der Waals surface area contributed by atoms with E-state index in [1.54, 1.807) is 0 Å². The van der Waals surface area contributed by atoms with E-state index in [1.165, 1.54) is 18.4 Å². The molecule has 1 nitrogen and oxygen atoms in total. The Morgan fingerprint density at radius 2 is 1.67 bits per heavy atom. The highest BCUT2D eigenvalue weighted by molar-refractivity contribution is 8.00. The lowest BCUT2D eigenvalue weighted by molar-refractivity contribution is 0.368. The molecule has 0 amide bonds. The Bertz CT molecular complexity index is 387. The molecule has 1 atom stereocenters. The van der Waals surface area contributed by atoms with Crippen LogP contribution in [0.3, 0.4) is 0 Å². The van der Waals surface area contributed by atoms with Gasteiger partial charge in [0.1, 0.15) is 0 Å². The molecule has 0 aliphatic rings. The third kappa shape index (κ3) is 5.34. The van der Waals surface area contributed by atoms with E-state index in [0.717, 1.165) is 13.0 Å². The van der Waals surface area contributed by atoms with Crippen molar-refractivity contribution in [3.63, 3.8) is 0 Å². The van der Waals surface area contributed by atoms with Gasteiger partial charge in [-0.2, -0.15) is 11.8 Å². The summed E-state index contributed by atoms with van der Waals surface area (Å²) in [4.78, 5) is 0. The van der Waals surface area contributed by atoms with Crippen molar-refractivity contribution < 1.29 is 0 Å². The highest BCUT2D eigenvalue weighted by Crippen LogP contribution is 2.31. The van der Waals surface area contributed by atoms with Gasteiger partial charge in [0, 0.05) is 17.3 Å². The molecule has 21 heavy (non-hydrogen) atoms. The molecule has 1 rings (SSSR count). The van der Waals surface area contributed by atoms with E-state index >= 15 is 0 Å². The summed E-state index contributed by atoms with van der Waals surface area (Å²) in [7, 11) is 0. The van der Waals surface area contributed by atoms with Crippen LogP contribution in [0.5, 0.6) is 0 Å². The maximum atomic E-state index is 3.78. The molecule has 0 bridgehead atoms. The summed E-state index contributed by atoms with van der Waals surface area (Å²) in [6.45, 7) is 12.7. The van der Waals surface area contributed by atoms with E-state index in [2.05, 4.69) is 76.5 Å². The van der Waals surface area contributed by atoms with Gasteiger partial charge in [-0.05, 0) is 43.4 Å². The van der Waals surface area contributed by atoms with Crippen LogP contribution in [-0.4, -0.2) is 23.6 Å². The van der Waals surface area contributed by atoms with Crippen molar-refractivity contribution >= 4 is 11.8 Å². The Labute approximate surface area is 136 Å². The van der Waals surface area contributed by atoms with Crippen LogP contribution >= 0.6 is 11.8 Å². The average molecular weight is 308 g/mol. The van der Waals surface area contributed by atoms with Crippen LogP contribution in [-0.2, 0) is 5.41 Å². The van der Waals surface area contributed by atoms with Gasteiger partial charge < -0.3 is 5.32 Å². The maximum absolute atomic E-state index is 3.78. The minimum absolute atomic E-state index is 0.216. The van der Waals surface area contributed by atoms with Gasteiger partial charge in [-0.25, -0.2) is 0 Å². The van der Waals surface area contributed by atoms with E-state index < -0.39 is 0 Å². The minimum Gasteiger partial charge on any atom is -0.313 e. The van der Waals surface area contributed by atoms with Gasteiger partial charge in [0.15, 0.2) is 0 Å². The lowest BCUT2D eigenvalue weighted by Gasteiger charge is -2.34. The fraction of sp³-hybridized carbons (Fsp3) is 0.684. The van der Waals surface area contributed by atoms with Gasteiger partial charge in [-0.15, -0.1) is 0 Å². The first-order valence-corrected chi connectivity index (χ1v) is 9.45. The van der Waals surface area contributed by atoms with Crippen molar-refractivity contribution in [2.45, 2.75) is 70.1 Å². The number of nitrogens with one attached hydrogen (secondary N) is 1. The van der Waals surface area contributed by atoms with Gasteiger partial charge >= 0.3 is 0 Å². The monoisotopic (exact) mass is 307 g/mol. The molecule has 1 N–H and O–H groups in total. The van der Waals surface area contributed by atoms with E-state index in [9.17, 15) is 0 Å². The normalized spacial score (nSPS) is 14.2. The second-order valence-corrected chi connectivity index (χ2v) is 8.10. The summed E-state index contributed by atoms with van der Waals surface area (Å²) in [5.74, 6) is 0. The first-order chi connectivity index (χ1) is 9.89. The molecule has 0 radical (unpaired) electrons. The Morgan fingerprint density at radius 3 is 2.14 bits per heavy atom. The predicted octanol–water partition coefficient (Wildman–Crippen LogP) is 5.25. The summed E-state index contributed by atoms with van der Waals surface area (Å²) in [5, 5.41) is 3.78. The lowest BCUT2D eigenvalue weighted by Crippen LogP contribution is -2.42. The largest absolute Gasteiger partial charge is 0.313 e. The molecule has 0 saturated heterocycles. The average Bonchev–Trinajstić information content (AvgIpc) is 2.50. The first kappa shape index (κ1) is 18.6. The minimum atomic E-state index is 0.216. The van der Waals surface area contributed by atoms with Crippen LogP contribution in [0.4, 0.5) is 0 Å². The zero-order valence-corrected chi connectivity index (χ0v) is 15.5. The van der Waals surface area contributed by atoms with Gasteiger partial charge in [0.25, 0.3) is 0 Å². The van der Waals surface area contributed by atoms with Crippen molar-refractivity contribution in [1.29, 1.82) is 0 Å². The Kier molecular flexibility index (Phi) is 7.29. The molecular weight excluding hydrogens is 274 g/mol. The maximum Gasteiger partial charge on any atom is 0.0276 e. The Morgan fingerprint density at radius 1 is 1.10 bits per heavy atom. The third-order valence-corrected chi connectivity index (χ3v) is 6.45. The molecule has 2 heteroatoms. The standard InChI is InChI=1S/C19H33NS/c1-7-19(8-2,21-6)15-20-16(3)14-18(4,5)17-12-10-9-11-13-17/h9-13,16,20H,7-8,14-15H2,1-6H3. The number of rotatable bonds is 9. The summed E-state index contributed by atoms with van der Waals surface area (Å²) < 4.78 is 0.394. The van der Waals surface area contributed by atoms with Crippen LogP contribution in [0.25, 0.3) is 0 Å². The Hall–Kier alpha value is -0.470. The van der Waals surface area contributed by atoms with Crippen molar-refractivity contribution in [2.24, 2.45) is 0 Å². The molecule has 0 spiro atoms. The van der Waals surface area contributed by atoms with E-state index in [-0.39, 0.29) is 5.41 Å². The second kappa shape index (κ2) is 8.24. The molecule has 0 heterocycles. The zero-order valence-electron chi connectivity index (χ0n) is 14.7. The molecule has 0 aliphatic carbocycles. The number of benzene rings is 1. The summed E-state index contributed by atoms with van der Waals surface area (Å²) >= 11 is 2.01. The van der Waals surface area contributed by atoms with E-state index in [4.69, 9.17) is 0 Å². The van der Waals surface area contributed by atoms with E-state index in [0.29, 0.717) is 10.8 Å².